The number of anilines is 1. The van der Waals surface area contributed by atoms with Crippen molar-refractivity contribution in [2.45, 2.75) is 13.8 Å². The maximum absolute atomic E-state index is 12.6. The van der Waals surface area contributed by atoms with Crippen molar-refractivity contribution in [2.75, 3.05) is 32.8 Å². The minimum absolute atomic E-state index is 0.286. The summed E-state index contributed by atoms with van der Waals surface area (Å²) >= 11 is 0. The van der Waals surface area contributed by atoms with E-state index in [1.165, 1.54) is 7.11 Å². The molecule has 0 aliphatic rings. The summed E-state index contributed by atoms with van der Waals surface area (Å²) in [5.41, 5.74) is 1.02. The van der Waals surface area contributed by atoms with E-state index < -0.39 is 0 Å². The van der Waals surface area contributed by atoms with Gasteiger partial charge in [-0.15, -0.1) is 0 Å². The Labute approximate surface area is 147 Å². The van der Waals surface area contributed by atoms with E-state index in [0.29, 0.717) is 47.5 Å². The van der Waals surface area contributed by atoms with E-state index in [2.05, 4.69) is 5.32 Å². The summed E-state index contributed by atoms with van der Waals surface area (Å²) in [4.78, 5) is 12.6. The van der Waals surface area contributed by atoms with E-state index >= 15 is 0 Å². The molecule has 6 heteroatoms. The molecule has 0 spiro atoms. The van der Waals surface area contributed by atoms with Gasteiger partial charge in [-0.25, -0.2) is 0 Å². The van der Waals surface area contributed by atoms with E-state index in [-0.39, 0.29) is 5.91 Å². The Bertz CT molecular complexity index is 730. The molecule has 0 saturated heterocycles. The van der Waals surface area contributed by atoms with Crippen LogP contribution in [-0.2, 0) is 0 Å². The molecular weight excluding hydrogens is 322 g/mol. The number of carbonyl (C=O) groups is 1. The fourth-order valence-corrected chi connectivity index (χ4v) is 2.31. The molecule has 6 nitrogen and oxygen atoms in total. The molecule has 1 amide bonds. The second kappa shape index (κ2) is 8.82. The largest absolute Gasteiger partial charge is 0.497 e. The Morgan fingerprint density at radius 3 is 2.24 bits per heavy atom. The zero-order valence-corrected chi connectivity index (χ0v) is 14.9. The second-order valence-electron chi connectivity index (χ2n) is 5.05. The molecular formula is C19H23NO5. The molecule has 25 heavy (non-hydrogen) atoms. The molecule has 0 unspecified atom stereocenters. The van der Waals surface area contributed by atoms with Crippen LogP contribution in [0.2, 0.25) is 0 Å². The van der Waals surface area contributed by atoms with Gasteiger partial charge in [-0.3, -0.25) is 4.79 Å². The van der Waals surface area contributed by atoms with Crippen LogP contribution in [0.5, 0.6) is 23.0 Å². The molecule has 0 radical (unpaired) electrons. The van der Waals surface area contributed by atoms with Crippen molar-refractivity contribution in [1.82, 2.24) is 0 Å². The Morgan fingerprint density at radius 1 is 0.880 bits per heavy atom. The highest BCUT2D eigenvalue weighted by Crippen LogP contribution is 2.31. The van der Waals surface area contributed by atoms with Gasteiger partial charge in [0.1, 0.15) is 11.5 Å². The molecule has 0 aliphatic carbocycles. The smallest absolute Gasteiger partial charge is 0.259 e. The number of benzene rings is 2. The average Bonchev–Trinajstić information content (AvgIpc) is 2.63. The fraction of sp³-hybridized carbons (Fsp3) is 0.316. The lowest BCUT2D eigenvalue weighted by molar-refractivity contribution is 0.102. The van der Waals surface area contributed by atoms with E-state index in [4.69, 9.17) is 18.9 Å². The Morgan fingerprint density at radius 2 is 1.60 bits per heavy atom. The molecule has 0 aliphatic heterocycles. The van der Waals surface area contributed by atoms with Gasteiger partial charge in [-0.05, 0) is 38.1 Å². The quantitative estimate of drug-likeness (QED) is 0.789. The summed E-state index contributed by atoms with van der Waals surface area (Å²) in [6.45, 7) is 4.84. The van der Waals surface area contributed by atoms with E-state index in [9.17, 15) is 4.79 Å². The van der Waals surface area contributed by atoms with Crippen molar-refractivity contribution in [3.8, 4) is 23.0 Å². The summed E-state index contributed by atoms with van der Waals surface area (Å²) < 4.78 is 21.5. The Kier molecular flexibility index (Phi) is 6.51. The summed E-state index contributed by atoms with van der Waals surface area (Å²) in [5.74, 6) is 2.00. The van der Waals surface area contributed by atoms with Crippen molar-refractivity contribution in [3.05, 3.63) is 42.0 Å². The first-order valence-corrected chi connectivity index (χ1v) is 8.05. The fourth-order valence-electron chi connectivity index (χ4n) is 2.31. The number of amides is 1. The zero-order valence-electron chi connectivity index (χ0n) is 14.9. The van der Waals surface area contributed by atoms with Crippen molar-refractivity contribution in [2.24, 2.45) is 0 Å². The van der Waals surface area contributed by atoms with Crippen LogP contribution in [0.1, 0.15) is 24.2 Å². The predicted molar refractivity (Wildman–Crippen MR) is 96.3 cm³/mol. The third-order valence-electron chi connectivity index (χ3n) is 3.45. The molecule has 1 N–H and O–H groups in total. The molecule has 0 fully saturated rings. The lowest BCUT2D eigenvalue weighted by Gasteiger charge is -2.14. The van der Waals surface area contributed by atoms with Crippen LogP contribution < -0.4 is 24.3 Å². The van der Waals surface area contributed by atoms with Gasteiger partial charge in [-0.2, -0.15) is 0 Å². The number of hydrogen-bond acceptors (Lipinski definition) is 5. The van der Waals surface area contributed by atoms with E-state index in [1.807, 2.05) is 13.8 Å². The summed E-state index contributed by atoms with van der Waals surface area (Å²) in [6, 6.07) is 10.3. The number of rotatable bonds is 8. The molecule has 0 aromatic heterocycles. The normalized spacial score (nSPS) is 10.1. The van der Waals surface area contributed by atoms with Gasteiger partial charge >= 0.3 is 0 Å². The molecule has 2 aromatic carbocycles. The predicted octanol–water partition coefficient (Wildman–Crippen LogP) is 3.75. The number of hydrogen-bond donors (Lipinski definition) is 1. The van der Waals surface area contributed by atoms with Crippen LogP contribution in [0.3, 0.4) is 0 Å². The third kappa shape index (κ3) is 4.56. The third-order valence-corrected chi connectivity index (χ3v) is 3.45. The van der Waals surface area contributed by atoms with Crippen LogP contribution >= 0.6 is 0 Å². The first kappa shape index (κ1) is 18.4. The minimum atomic E-state index is -0.286. The number of nitrogens with one attached hydrogen (secondary N) is 1. The SMILES string of the molecule is CCOc1ccc(NC(=O)c2ccc(OC)cc2OC)cc1OCC. The van der Waals surface area contributed by atoms with Gasteiger partial charge in [0, 0.05) is 17.8 Å². The monoisotopic (exact) mass is 345 g/mol. The van der Waals surface area contributed by atoms with Crippen LogP contribution in [0.25, 0.3) is 0 Å². The highest BCUT2D eigenvalue weighted by molar-refractivity contribution is 6.06. The molecule has 134 valence electrons. The lowest BCUT2D eigenvalue weighted by Crippen LogP contribution is -2.13. The van der Waals surface area contributed by atoms with E-state index in [1.54, 1.807) is 43.5 Å². The van der Waals surface area contributed by atoms with Gasteiger partial charge in [0.15, 0.2) is 11.5 Å². The lowest BCUT2D eigenvalue weighted by atomic mass is 10.1. The van der Waals surface area contributed by atoms with Crippen molar-refractivity contribution in [3.63, 3.8) is 0 Å². The molecule has 0 bridgehead atoms. The topological polar surface area (TPSA) is 66.0 Å². The molecule has 0 atom stereocenters. The van der Waals surface area contributed by atoms with Gasteiger partial charge in [0.25, 0.3) is 5.91 Å². The molecule has 0 heterocycles. The highest BCUT2D eigenvalue weighted by Gasteiger charge is 2.15. The summed E-state index contributed by atoms with van der Waals surface area (Å²) in [5, 5.41) is 2.84. The van der Waals surface area contributed by atoms with E-state index in [0.717, 1.165) is 0 Å². The molecule has 2 rings (SSSR count). The van der Waals surface area contributed by atoms with Crippen LogP contribution in [0, 0.1) is 0 Å². The van der Waals surface area contributed by atoms with Crippen LogP contribution in [-0.4, -0.2) is 33.3 Å². The first-order chi connectivity index (χ1) is 12.1. The maximum atomic E-state index is 12.6. The Hall–Kier alpha value is -2.89. The Balaban J connectivity index is 2.24. The van der Waals surface area contributed by atoms with Crippen molar-refractivity contribution < 1.29 is 23.7 Å². The maximum Gasteiger partial charge on any atom is 0.259 e. The molecule has 0 saturated carbocycles. The molecule has 2 aromatic rings. The van der Waals surface area contributed by atoms with Crippen molar-refractivity contribution in [1.29, 1.82) is 0 Å². The number of methoxy groups -OCH3 is 2. The van der Waals surface area contributed by atoms with Crippen LogP contribution in [0.4, 0.5) is 5.69 Å². The second-order valence-corrected chi connectivity index (χ2v) is 5.05. The first-order valence-electron chi connectivity index (χ1n) is 8.05. The zero-order chi connectivity index (χ0) is 18.2. The summed E-state index contributed by atoms with van der Waals surface area (Å²) in [7, 11) is 3.07. The summed E-state index contributed by atoms with van der Waals surface area (Å²) in [6.07, 6.45) is 0. The van der Waals surface area contributed by atoms with Gasteiger partial charge in [0.2, 0.25) is 0 Å². The standard InChI is InChI=1S/C19H23NO5/c1-5-24-16-10-7-13(11-18(16)25-6-2)20-19(21)15-9-8-14(22-3)12-17(15)23-4/h7-12H,5-6H2,1-4H3,(H,20,21). The van der Waals surface area contributed by atoms with Crippen molar-refractivity contribution >= 4 is 11.6 Å². The number of ether oxygens (including phenoxy) is 4. The minimum Gasteiger partial charge on any atom is -0.497 e. The van der Waals surface area contributed by atoms with Gasteiger partial charge in [0.05, 0.1) is 33.0 Å². The van der Waals surface area contributed by atoms with Crippen LogP contribution in [0.15, 0.2) is 36.4 Å². The average molecular weight is 345 g/mol. The highest BCUT2D eigenvalue weighted by atomic mass is 16.5. The van der Waals surface area contributed by atoms with Gasteiger partial charge in [-0.1, -0.05) is 0 Å². The number of carbonyl (C=O) groups excluding carboxylic acids is 1. The van der Waals surface area contributed by atoms with Gasteiger partial charge < -0.3 is 24.3 Å².